The molecule has 0 N–H and O–H groups in total. The lowest BCUT2D eigenvalue weighted by Gasteiger charge is -2.34. The Bertz CT molecular complexity index is 821. The third kappa shape index (κ3) is 2.99. The van der Waals surface area contributed by atoms with E-state index in [2.05, 4.69) is 49.1 Å². The highest BCUT2D eigenvalue weighted by Crippen LogP contribution is 2.28. The number of thiophene rings is 1. The van der Waals surface area contributed by atoms with Crippen molar-refractivity contribution in [1.82, 2.24) is 25.0 Å². The molecule has 3 aromatic heterocycles. The highest BCUT2D eigenvalue weighted by atomic mass is 32.1. The van der Waals surface area contributed by atoms with Crippen molar-refractivity contribution >= 4 is 27.4 Å². The zero-order valence-corrected chi connectivity index (χ0v) is 14.7. The Kier molecular flexibility index (Phi) is 4.15. The largest absolute Gasteiger partial charge is 0.353 e. The molecule has 1 saturated heterocycles. The lowest BCUT2D eigenvalue weighted by atomic mass is 10.2. The van der Waals surface area contributed by atoms with Gasteiger partial charge in [0.2, 0.25) is 5.89 Å². The van der Waals surface area contributed by atoms with Gasteiger partial charge in [0, 0.05) is 32.1 Å². The molecule has 0 unspecified atom stereocenters. The van der Waals surface area contributed by atoms with Crippen molar-refractivity contribution < 1.29 is 4.52 Å². The van der Waals surface area contributed by atoms with Crippen molar-refractivity contribution in [2.24, 2.45) is 0 Å². The first-order chi connectivity index (χ1) is 11.7. The number of piperazine rings is 1. The van der Waals surface area contributed by atoms with Crippen LogP contribution >= 0.6 is 11.3 Å². The van der Waals surface area contributed by atoms with Crippen molar-refractivity contribution in [2.75, 3.05) is 31.1 Å². The number of hydrogen-bond donors (Lipinski definition) is 0. The molecule has 8 heteroatoms. The van der Waals surface area contributed by atoms with Crippen molar-refractivity contribution in [1.29, 1.82) is 0 Å². The van der Waals surface area contributed by atoms with E-state index in [1.165, 1.54) is 4.70 Å². The van der Waals surface area contributed by atoms with Crippen LogP contribution < -0.4 is 4.90 Å². The quantitative estimate of drug-likeness (QED) is 0.720. The number of aromatic nitrogens is 4. The summed E-state index contributed by atoms with van der Waals surface area (Å²) < 4.78 is 6.52. The van der Waals surface area contributed by atoms with E-state index >= 15 is 0 Å². The van der Waals surface area contributed by atoms with Gasteiger partial charge in [-0.15, -0.1) is 11.3 Å². The molecule has 4 rings (SSSR count). The van der Waals surface area contributed by atoms with Gasteiger partial charge in [-0.25, -0.2) is 9.97 Å². The van der Waals surface area contributed by atoms with Crippen molar-refractivity contribution in [3.63, 3.8) is 0 Å². The summed E-state index contributed by atoms with van der Waals surface area (Å²) >= 11 is 1.70. The zero-order valence-electron chi connectivity index (χ0n) is 13.8. The highest BCUT2D eigenvalue weighted by Gasteiger charge is 2.22. The molecule has 0 aliphatic carbocycles. The van der Waals surface area contributed by atoms with Crippen LogP contribution in [0.4, 0.5) is 5.82 Å². The Morgan fingerprint density at radius 2 is 2.04 bits per heavy atom. The first kappa shape index (κ1) is 15.5. The van der Waals surface area contributed by atoms with Gasteiger partial charge in [-0.05, 0) is 11.4 Å². The predicted octanol–water partition coefficient (Wildman–Crippen LogP) is 2.52. The molecule has 3 aromatic rings. The average Bonchev–Trinajstić information content (AvgIpc) is 3.24. The van der Waals surface area contributed by atoms with Gasteiger partial charge in [0.15, 0.2) is 5.82 Å². The summed E-state index contributed by atoms with van der Waals surface area (Å²) in [6, 6.07) is 2.04. The maximum atomic E-state index is 5.35. The average molecular weight is 344 g/mol. The molecule has 0 saturated carbocycles. The summed E-state index contributed by atoms with van der Waals surface area (Å²) in [6.45, 7) is 8.64. The number of hydrogen-bond acceptors (Lipinski definition) is 8. The normalized spacial score (nSPS) is 16.4. The molecule has 0 radical (unpaired) electrons. The number of anilines is 1. The molecular formula is C16H20N6OS. The van der Waals surface area contributed by atoms with Crippen LogP contribution in [0, 0.1) is 0 Å². The van der Waals surface area contributed by atoms with Crippen LogP contribution in [0.3, 0.4) is 0 Å². The van der Waals surface area contributed by atoms with Gasteiger partial charge < -0.3 is 9.42 Å². The fourth-order valence-corrected chi connectivity index (χ4v) is 3.74. The highest BCUT2D eigenvalue weighted by molar-refractivity contribution is 7.17. The molecule has 0 bridgehead atoms. The van der Waals surface area contributed by atoms with E-state index < -0.39 is 0 Å². The van der Waals surface area contributed by atoms with Gasteiger partial charge in [-0.3, -0.25) is 4.90 Å². The SMILES string of the molecule is CC(C)c1noc(CN2CCN(c3ncnc4ccsc34)CC2)n1. The third-order valence-electron chi connectivity index (χ3n) is 4.26. The van der Waals surface area contributed by atoms with Crippen LogP contribution in [0.15, 0.2) is 22.3 Å². The zero-order chi connectivity index (χ0) is 16.5. The van der Waals surface area contributed by atoms with Gasteiger partial charge in [0.05, 0.1) is 16.8 Å². The Morgan fingerprint density at radius 3 is 2.79 bits per heavy atom. The van der Waals surface area contributed by atoms with E-state index in [9.17, 15) is 0 Å². The summed E-state index contributed by atoms with van der Waals surface area (Å²) in [4.78, 5) is 18.0. The lowest BCUT2D eigenvalue weighted by molar-refractivity contribution is 0.215. The maximum Gasteiger partial charge on any atom is 0.240 e. The van der Waals surface area contributed by atoms with Crippen LogP contribution in [0.5, 0.6) is 0 Å². The molecule has 1 aliphatic rings. The van der Waals surface area contributed by atoms with Crippen LogP contribution in [0.25, 0.3) is 10.2 Å². The Balaban J connectivity index is 1.40. The predicted molar refractivity (Wildman–Crippen MR) is 93.3 cm³/mol. The van der Waals surface area contributed by atoms with E-state index in [4.69, 9.17) is 4.52 Å². The molecule has 4 heterocycles. The number of rotatable bonds is 4. The minimum atomic E-state index is 0.297. The second kappa shape index (κ2) is 6.45. The second-order valence-corrected chi connectivity index (χ2v) is 7.21. The maximum absolute atomic E-state index is 5.35. The van der Waals surface area contributed by atoms with Crippen LogP contribution in [0.1, 0.15) is 31.5 Å². The summed E-state index contributed by atoms with van der Waals surface area (Å²) in [5.74, 6) is 2.83. The molecule has 24 heavy (non-hydrogen) atoms. The molecule has 1 aliphatic heterocycles. The van der Waals surface area contributed by atoms with Crippen LogP contribution in [-0.4, -0.2) is 51.2 Å². The molecule has 126 valence electrons. The Morgan fingerprint density at radius 1 is 1.21 bits per heavy atom. The molecule has 0 aromatic carbocycles. The van der Waals surface area contributed by atoms with Crippen LogP contribution in [-0.2, 0) is 6.54 Å². The van der Waals surface area contributed by atoms with Gasteiger partial charge >= 0.3 is 0 Å². The van der Waals surface area contributed by atoms with Gasteiger partial charge in [-0.1, -0.05) is 19.0 Å². The fraction of sp³-hybridized carbons (Fsp3) is 0.500. The van der Waals surface area contributed by atoms with E-state index in [-0.39, 0.29) is 0 Å². The third-order valence-corrected chi connectivity index (χ3v) is 5.15. The first-order valence-corrected chi connectivity index (χ1v) is 9.06. The minimum absolute atomic E-state index is 0.297. The second-order valence-electron chi connectivity index (χ2n) is 6.30. The van der Waals surface area contributed by atoms with Gasteiger partial charge in [0.25, 0.3) is 0 Å². The number of fused-ring (bicyclic) bond motifs is 1. The van der Waals surface area contributed by atoms with E-state index in [1.807, 2.05) is 6.07 Å². The standard InChI is InChI=1S/C16H20N6OS/c1-11(2)15-19-13(23-20-15)9-21-4-6-22(7-5-21)16-14-12(3-8-24-14)17-10-18-16/h3,8,10-11H,4-7,9H2,1-2H3. The molecule has 0 spiro atoms. The van der Waals surface area contributed by atoms with Crippen molar-refractivity contribution in [2.45, 2.75) is 26.3 Å². The van der Waals surface area contributed by atoms with Crippen molar-refractivity contribution in [3.8, 4) is 0 Å². The summed E-state index contributed by atoms with van der Waals surface area (Å²) in [6.07, 6.45) is 1.66. The van der Waals surface area contributed by atoms with Crippen molar-refractivity contribution in [3.05, 3.63) is 29.5 Å². The molecular weight excluding hydrogens is 324 g/mol. The lowest BCUT2D eigenvalue weighted by Crippen LogP contribution is -2.46. The molecule has 0 atom stereocenters. The van der Waals surface area contributed by atoms with Gasteiger partial charge in [0.1, 0.15) is 12.1 Å². The first-order valence-electron chi connectivity index (χ1n) is 8.18. The summed E-state index contributed by atoms with van der Waals surface area (Å²) in [5, 5.41) is 6.10. The smallest absolute Gasteiger partial charge is 0.240 e. The monoisotopic (exact) mass is 344 g/mol. The fourth-order valence-electron chi connectivity index (χ4n) is 2.88. The number of nitrogens with zero attached hydrogens (tertiary/aromatic N) is 6. The summed E-state index contributed by atoms with van der Waals surface area (Å²) in [7, 11) is 0. The molecule has 0 amide bonds. The van der Waals surface area contributed by atoms with Gasteiger partial charge in [-0.2, -0.15) is 4.98 Å². The van der Waals surface area contributed by atoms with Crippen LogP contribution in [0.2, 0.25) is 0 Å². The Labute approximate surface area is 144 Å². The van der Waals surface area contributed by atoms with E-state index in [0.29, 0.717) is 18.4 Å². The Hall–Kier alpha value is -2.06. The summed E-state index contributed by atoms with van der Waals surface area (Å²) in [5.41, 5.74) is 1.03. The minimum Gasteiger partial charge on any atom is -0.353 e. The van der Waals surface area contributed by atoms with E-state index in [1.54, 1.807) is 17.7 Å². The topological polar surface area (TPSA) is 71.2 Å². The molecule has 7 nitrogen and oxygen atoms in total. The molecule has 1 fully saturated rings. The van der Waals surface area contributed by atoms with E-state index in [0.717, 1.165) is 43.3 Å².